The Labute approximate surface area is 225 Å². The number of fused-ring (bicyclic) bond motifs is 1. The van der Waals surface area contributed by atoms with Gasteiger partial charge in [0.05, 0.1) is 48.2 Å². The molecule has 1 N–H and O–H groups in total. The Morgan fingerprint density at radius 1 is 1.16 bits per heavy atom. The van der Waals surface area contributed by atoms with Gasteiger partial charge in [-0.2, -0.15) is 0 Å². The number of hydrogen-bond acceptors (Lipinski definition) is 9. The van der Waals surface area contributed by atoms with Crippen LogP contribution in [-0.4, -0.2) is 43.6 Å². The van der Waals surface area contributed by atoms with Crippen molar-refractivity contribution in [1.82, 2.24) is 4.57 Å². The largest absolute Gasteiger partial charge is 0.503 e. The molecule has 11 heteroatoms. The van der Waals surface area contributed by atoms with Gasteiger partial charge in [-0.15, -0.1) is 0 Å². The monoisotopic (exact) mass is 588 g/mol. The molecule has 1 aliphatic heterocycles. The molecule has 2 heterocycles. The summed E-state index contributed by atoms with van der Waals surface area (Å²) in [6, 6.07) is 7.64. The number of aromatic nitrogens is 1. The summed E-state index contributed by atoms with van der Waals surface area (Å²) in [5.41, 5.74) is 1.51. The molecule has 0 unspecified atom stereocenters. The van der Waals surface area contributed by atoms with Crippen LogP contribution in [0.15, 0.2) is 55.9 Å². The first-order valence-electron chi connectivity index (χ1n) is 11.2. The number of phenols is 1. The summed E-state index contributed by atoms with van der Waals surface area (Å²) in [6.45, 7) is 3.60. The van der Waals surface area contributed by atoms with Gasteiger partial charge in [0.2, 0.25) is 0 Å². The molecule has 194 valence electrons. The van der Waals surface area contributed by atoms with Crippen molar-refractivity contribution in [1.29, 1.82) is 0 Å². The van der Waals surface area contributed by atoms with Gasteiger partial charge in [0, 0.05) is 5.56 Å². The molecule has 2 aromatic carbocycles. The number of rotatable bonds is 7. The van der Waals surface area contributed by atoms with E-state index in [1.807, 2.05) is 0 Å². The van der Waals surface area contributed by atoms with E-state index in [0.29, 0.717) is 42.1 Å². The van der Waals surface area contributed by atoms with Crippen LogP contribution >= 0.6 is 27.3 Å². The summed E-state index contributed by atoms with van der Waals surface area (Å²) >= 11 is 4.49. The maximum atomic E-state index is 13.8. The SMILES string of the molecule is CCOC(=O)C1=C(C)N=c2sc(=Cc3cc(Br)c(O)c(OC)c3)c(=O)n2[C@@H]1c1cc(OC)ccc1OC. The molecule has 1 aliphatic rings. The molecule has 1 atom stereocenters. The van der Waals surface area contributed by atoms with Gasteiger partial charge in [-0.05, 0) is 71.7 Å². The lowest BCUT2D eigenvalue weighted by Gasteiger charge is -2.26. The van der Waals surface area contributed by atoms with Gasteiger partial charge >= 0.3 is 5.97 Å². The number of esters is 1. The van der Waals surface area contributed by atoms with Crippen LogP contribution in [0.25, 0.3) is 6.08 Å². The number of halogens is 1. The summed E-state index contributed by atoms with van der Waals surface area (Å²) in [6.07, 6.45) is 1.68. The smallest absolute Gasteiger partial charge is 0.338 e. The number of benzene rings is 2. The van der Waals surface area contributed by atoms with E-state index in [1.165, 1.54) is 37.2 Å². The Balaban J connectivity index is 2.01. The van der Waals surface area contributed by atoms with Crippen LogP contribution in [-0.2, 0) is 9.53 Å². The van der Waals surface area contributed by atoms with E-state index in [-0.39, 0.29) is 29.2 Å². The average Bonchev–Trinajstić information content (AvgIpc) is 3.18. The normalized spacial score (nSPS) is 15.2. The quantitative estimate of drug-likeness (QED) is 0.422. The lowest BCUT2D eigenvalue weighted by molar-refractivity contribution is -0.139. The third kappa shape index (κ3) is 4.88. The molecule has 3 aromatic rings. The molecule has 37 heavy (non-hydrogen) atoms. The lowest BCUT2D eigenvalue weighted by Crippen LogP contribution is -2.40. The van der Waals surface area contributed by atoms with Crippen molar-refractivity contribution >= 4 is 39.3 Å². The van der Waals surface area contributed by atoms with Crippen LogP contribution in [0.1, 0.15) is 31.0 Å². The molecule has 0 aliphatic carbocycles. The molecule has 0 spiro atoms. The van der Waals surface area contributed by atoms with Gasteiger partial charge in [0.25, 0.3) is 5.56 Å². The summed E-state index contributed by atoms with van der Waals surface area (Å²) < 4.78 is 23.9. The molecule has 0 saturated heterocycles. The highest BCUT2D eigenvalue weighted by Crippen LogP contribution is 2.38. The number of thiazole rings is 1. The van der Waals surface area contributed by atoms with Crippen LogP contribution in [0.5, 0.6) is 23.0 Å². The third-order valence-electron chi connectivity index (χ3n) is 5.82. The fraction of sp³-hybridized carbons (Fsp3) is 0.269. The molecule has 0 radical (unpaired) electrons. The molecular formula is C26H25BrN2O7S. The number of nitrogens with zero attached hydrogens (tertiary/aromatic N) is 2. The third-order valence-corrected chi connectivity index (χ3v) is 7.40. The summed E-state index contributed by atoms with van der Waals surface area (Å²) in [5.74, 6) is 0.662. The molecular weight excluding hydrogens is 564 g/mol. The number of ether oxygens (including phenoxy) is 4. The lowest BCUT2D eigenvalue weighted by atomic mass is 9.94. The van der Waals surface area contributed by atoms with Crippen LogP contribution in [0.4, 0.5) is 0 Å². The van der Waals surface area contributed by atoms with Gasteiger partial charge in [-0.1, -0.05) is 11.3 Å². The molecule has 0 fully saturated rings. The first-order valence-corrected chi connectivity index (χ1v) is 12.8. The van der Waals surface area contributed by atoms with E-state index in [9.17, 15) is 14.7 Å². The standard InChI is InChI=1S/C26H25BrN2O7S/c1-6-36-25(32)21-13(2)28-26-29(22(21)16-12-15(33-3)7-8-18(16)34-4)24(31)20(37-26)11-14-9-17(27)23(30)19(10-14)35-5/h7-12,22,30H,6H2,1-5H3/t22-/m1/s1. The minimum absolute atomic E-state index is 0.0408. The Morgan fingerprint density at radius 3 is 2.54 bits per heavy atom. The minimum atomic E-state index is -0.858. The molecule has 9 nitrogen and oxygen atoms in total. The fourth-order valence-corrected chi connectivity index (χ4v) is 5.63. The Kier molecular flexibility index (Phi) is 7.74. The van der Waals surface area contributed by atoms with Crippen LogP contribution < -0.4 is 29.1 Å². The van der Waals surface area contributed by atoms with Crippen LogP contribution in [0.3, 0.4) is 0 Å². The highest BCUT2D eigenvalue weighted by molar-refractivity contribution is 9.10. The maximum absolute atomic E-state index is 13.8. The van der Waals surface area contributed by atoms with Gasteiger partial charge in [0.15, 0.2) is 16.3 Å². The number of hydrogen-bond donors (Lipinski definition) is 1. The Bertz CT molecular complexity index is 1590. The van der Waals surface area contributed by atoms with E-state index >= 15 is 0 Å². The first-order chi connectivity index (χ1) is 17.7. The number of carbonyl (C=O) groups is 1. The van der Waals surface area contributed by atoms with E-state index < -0.39 is 12.0 Å². The van der Waals surface area contributed by atoms with Gasteiger partial charge in [-0.3, -0.25) is 9.36 Å². The van der Waals surface area contributed by atoms with Crippen molar-refractivity contribution in [2.24, 2.45) is 4.99 Å². The van der Waals surface area contributed by atoms with E-state index in [0.717, 1.165) is 0 Å². The number of allylic oxidation sites excluding steroid dienone is 1. The van der Waals surface area contributed by atoms with E-state index in [2.05, 4.69) is 20.9 Å². The Morgan fingerprint density at radius 2 is 1.89 bits per heavy atom. The summed E-state index contributed by atoms with van der Waals surface area (Å²) in [7, 11) is 4.50. The van der Waals surface area contributed by atoms with Crippen molar-refractivity contribution < 1.29 is 28.8 Å². The second-order valence-electron chi connectivity index (χ2n) is 7.96. The average molecular weight is 589 g/mol. The van der Waals surface area contributed by atoms with Crippen molar-refractivity contribution in [2.75, 3.05) is 27.9 Å². The van der Waals surface area contributed by atoms with Crippen molar-refractivity contribution in [3.05, 3.63) is 76.9 Å². The maximum Gasteiger partial charge on any atom is 0.338 e. The molecule has 1 aromatic heterocycles. The van der Waals surface area contributed by atoms with Crippen LogP contribution in [0, 0.1) is 0 Å². The topological polar surface area (TPSA) is 109 Å². The fourth-order valence-electron chi connectivity index (χ4n) is 4.12. The highest BCUT2D eigenvalue weighted by Gasteiger charge is 2.35. The predicted octanol–water partition coefficient (Wildman–Crippen LogP) is 3.29. The number of methoxy groups -OCH3 is 3. The predicted molar refractivity (Wildman–Crippen MR) is 142 cm³/mol. The molecule has 4 rings (SSSR count). The van der Waals surface area contributed by atoms with Gasteiger partial charge in [0.1, 0.15) is 17.5 Å². The van der Waals surface area contributed by atoms with Crippen LogP contribution in [0.2, 0.25) is 0 Å². The highest BCUT2D eigenvalue weighted by atomic mass is 79.9. The second-order valence-corrected chi connectivity index (χ2v) is 9.83. The minimum Gasteiger partial charge on any atom is -0.503 e. The first kappa shape index (κ1) is 26.5. The second kappa shape index (κ2) is 10.8. The molecule has 0 bridgehead atoms. The zero-order valence-corrected chi connectivity index (χ0v) is 23.2. The van der Waals surface area contributed by atoms with E-state index in [1.54, 1.807) is 50.3 Å². The summed E-state index contributed by atoms with van der Waals surface area (Å²) in [5, 5.41) is 10.1. The summed E-state index contributed by atoms with van der Waals surface area (Å²) in [4.78, 5) is 32.0. The van der Waals surface area contributed by atoms with Crippen molar-refractivity contribution in [3.63, 3.8) is 0 Å². The van der Waals surface area contributed by atoms with E-state index in [4.69, 9.17) is 18.9 Å². The van der Waals surface area contributed by atoms with Gasteiger partial charge in [-0.25, -0.2) is 9.79 Å². The molecule has 0 amide bonds. The zero-order valence-electron chi connectivity index (χ0n) is 20.8. The number of aromatic hydroxyl groups is 1. The number of carbonyl (C=O) groups excluding carboxylic acids is 1. The van der Waals surface area contributed by atoms with Gasteiger partial charge < -0.3 is 24.1 Å². The molecule has 0 saturated carbocycles. The Hall–Kier alpha value is -3.57. The van der Waals surface area contributed by atoms with Crippen molar-refractivity contribution in [2.45, 2.75) is 19.9 Å². The number of phenolic OH excluding ortho intramolecular Hbond substituents is 1. The zero-order chi connectivity index (χ0) is 26.9. The van der Waals surface area contributed by atoms with Crippen molar-refractivity contribution in [3.8, 4) is 23.0 Å².